The predicted octanol–water partition coefficient (Wildman–Crippen LogP) is 5.35. The van der Waals surface area contributed by atoms with E-state index in [1.807, 2.05) is 6.07 Å². The number of rotatable bonds is 6. The molecule has 0 unspecified atom stereocenters. The molecule has 3 heterocycles. The zero-order valence-electron chi connectivity index (χ0n) is 18.4. The molecule has 0 radical (unpaired) electrons. The second kappa shape index (κ2) is 9.56. The van der Waals surface area contributed by atoms with Crippen molar-refractivity contribution < 1.29 is 13.9 Å². The van der Waals surface area contributed by atoms with E-state index in [0.717, 1.165) is 66.9 Å². The van der Waals surface area contributed by atoms with Gasteiger partial charge in [-0.3, -0.25) is 0 Å². The number of nitrogens with one attached hydrogen (secondary N) is 2. The Kier molecular flexibility index (Phi) is 6.34. The van der Waals surface area contributed by atoms with Gasteiger partial charge in [-0.05, 0) is 73.8 Å². The molecule has 1 fully saturated rings. The van der Waals surface area contributed by atoms with Crippen LogP contribution in [0.1, 0.15) is 18.4 Å². The minimum Gasteiger partial charge on any atom is -0.508 e. The van der Waals surface area contributed by atoms with Crippen molar-refractivity contribution in [2.45, 2.75) is 25.9 Å². The molecule has 34 heavy (non-hydrogen) atoms. The van der Waals surface area contributed by atoms with E-state index in [-0.39, 0.29) is 12.3 Å². The summed E-state index contributed by atoms with van der Waals surface area (Å²) in [5.74, 6) is -0.830. The third-order valence-corrected chi connectivity index (χ3v) is 6.45. The number of phenolic OH excluding ortho intramolecular Hbond substituents is 1. The molecule has 9 heteroatoms. The van der Waals surface area contributed by atoms with Crippen LogP contribution in [0.25, 0.3) is 22.3 Å². The summed E-state index contributed by atoms with van der Waals surface area (Å²) in [6, 6.07) is 10.7. The molecule has 0 bridgehead atoms. The Morgan fingerprint density at radius 2 is 2.03 bits per heavy atom. The van der Waals surface area contributed by atoms with E-state index in [4.69, 9.17) is 16.6 Å². The van der Waals surface area contributed by atoms with Gasteiger partial charge in [0.1, 0.15) is 11.4 Å². The van der Waals surface area contributed by atoms with Crippen molar-refractivity contribution in [1.82, 2.24) is 19.9 Å². The first kappa shape index (κ1) is 22.6. The molecule has 3 N–H and O–H groups in total. The zero-order valence-corrected chi connectivity index (χ0v) is 19.1. The summed E-state index contributed by atoms with van der Waals surface area (Å²) < 4.78 is 28.9. The summed E-state index contributed by atoms with van der Waals surface area (Å²) >= 11 is 6.49. The van der Waals surface area contributed by atoms with Crippen LogP contribution in [0.15, 0.2) is 48.7 Å². The molecule has 0 spiro atoms. The smallest absolute Gasteiger partial charge is 0.224 e. The monoisotopic (exact) mass is 483 g/mol. The van der Waals surface area contributed by atoms with Gasteiger partial charge in [-0.2, -0.15) is 4.98 Å². The standard InChI is InChI=1S/C25H24ClF2N5O/c26-20-10-18(34)4-5-19(20)23-9-17-13-31-25(30-12-15-3-6-21(27)22(28)8-15)32-24(17)33(23)14-16-2-1-7-29-11-16/h3-6,8-10,13,16,29,34H,1-2,7,11-12,14H2,(H,30,31,32)/t16-/m1/s1. The number of nitrogens with zero attached hydrogens (tertiary/aromatic N) is 3. The van der Waals surface area contributed by atoms with Gasteiger partial charge in [-0.1, -0.05) is 17.7 Å². The lowest BCUT2D eigenvalue weighted by atomic mass is 9.99. The normalized spacial score (nSPS) is 16.1. The SMILES string of the molecule is Oc1ccc(-c2cc3cnc(NCc4ccc(F)c(F)c4)nc3n2C[C@@H]2CCCNC2)c(Cl)c1. The first-order chi connectivity index (χ1) is 16.5. The lowest BCUT2D eigenvalue weighted by Crippen LogP contribution is -2.32. The molecule has 6 nitrogen and oxygen atoms in total. The number of aromatic hydroxyl groups is 1. The highest BCUT2D eigenvalue weighted by molar-refractivity contribution is 6.33. The van der Waals surface area contributed by atoms with Crippen molar-refractivity contribution >= 4 is 28.6 Å². The van der Waals surface area contributed by atoms with E-state index in [1.54, 1.807) is 18.3 Å². The van der Waals surface area contributed by atoms with E-state index in [0.29, 0.717) is 22.5 Å². The second-order valence-corrected chi connectivity index (χ2v) is 9.00. The number of hydrogen-bond donors (Lipinski definition) is 3. The average Bonchev–Trinajstić information content (AvgIpc) is 3.18. The van der Waals surface area contributed by atoms with Crippen LogP contribution in [-0.2, 0) is 13.1 Å². The van der Waals surface area contributed by atoms with E-state index in [9.17, 15) is 13.9 Å². The van der Waals surface area contributed by atoms with E-state index >= 15 is 0 Å². The Hall–Kier alpha value is -3.23. The van der Waals surface area contributed by atoms with Crippen LogP contribution < -0.4 is 10.6 Å². The fourth-order valence-electron chi connectivity index (χ4n) is 4.41. The molecule has 0 saturated carbocycles. The van der Waals surface area contributed by atoms with Crippen LogP contribution in [0.5, 0.6) is 5.75 Å². The lowest BCUT2D eigenvalue weighted by molar-refractivity contribution is 0.341. The molecular formula is C25H24ClF2N5O. The van der Waals surface area contributed by atoms with E-state index < -0.39 is 11.6 Å². The average molecular weight is 484 g/mol. The van der Waals surface area contributed by atoms with Crippen LogP contribution in [0.2, 0.25) is 5.02 Å². The quantitative estimate of drug-likeness (QED) is 0.345. The molecule has 0 amide bonds. The lowest BCUT2D eigenvalue weighted by Gasteiger charge is -2.24. The van der Waals surface area contributed by atoms with E-state index in [2.05, 4.69) is 20.2 Å². The number of benzene rings is 2. The highest BCUT2D eigenvalue weighted by Crippen LogP contribution is 2.35. The summed E-state index contributed by atoms with van der Waals surface area (Å²) in [4.78, 5) is 9.15. The Balaban J connectivity index is 1.51. The molecule has 176 valence electrons. The molecular weight excluding hydrogens is 460 g/mol. The highest BCUT2D eigenvalue weighted by Gasteiger charge is 2.20. The van der Waals surface area contributed by atoms with Gasteiger partial charge in [-0.15, -0.1) is 0 Å². The summed E-state index contributed by atoms with van der Waals surface area (Å²) in [5.41, 5.74) is 3.05. The summed E-state index contributed by atoms with van der Waals surface area (Å²) in [5, 5.41) is 17.7. The van der Waals surface area contributed by atoms with Gasteiger partial charge >= 0.3 is 0 Å². The number of phenols is 1. The Morgan fingerprint density at radius 1 is 1.15 bits per heavy atom. The van der Waals surface area contributed by atoms with Gasteiger partial charge in [-0.25, -0.2) is 13.8 Å². The molecule has 2 aromatic heterocycles. The summed E-state index contributed by atoms with van der Waals surface area (Å²) in [6.45, 7) is 2.96. The molecule has 0 aliphatic carbocycles. The number of halogens is 3. The van der Waals surface area contributed by atoms with Crippen LogP contribution in [-0.4, -0.2) is 32.7 Å². The molecule has 1 atom stereocenters. The van der Waals surface area contributed by atoms with Crippen molar-refractivity contribution in [3.8, 4) is 17.0 Å². The van der Waals surface area contributed by atoms with Crippen molar-refractivity contribution in [2.75, 3.05) is 18.4 Å². The van der Waals surface area contributed by atoms with Gasteiger partial charge in [0.05, 0.1) is 10.7 Å². The van der Waals surface area contributed by atoms with Crippen LogP contribution in [0.4, 0.5) is 14.7 Å². The van der Waals surface area contributed by atoms with Gasteiger partial charge in [0, 0.05) is 30.2 Å². The maximum absolute atomic E-state index is 13.5. The van der Waals surface area contributed by atoms with Crippen molar-refractivity contribution in [3.05, 3.63) is 70.9 Å². The Bertz CT molecular complexity index is 1340. The molecule has 1 aliphatic rings. The van der Waals surface area contributed by atoms with E-state index in [1.165, 1.54) is 12.1 Å². The summed E-state index contributed by atoms with van der Waals surface area (Å²) in [7, 11) is 0. The molecule has 2 aromatic carbocycles. The zero-order chi connectivity index (χ0) is 23.7. The van der Waals surface area contributed by atoms with Crippen LogP contribution in [0, 0.1) is 17.6 Å². The number of anilines is 1. The third-order valence-electron chi connectivity index (χ3n) is 6.14. The predicted molar refractivity (Wildman–Crippen MR) is 129 cm³/mol. The van der Waals surface area contributed by atoms with Crippen molar-refractivity contribution in [1.29, 1.82) is 0 Å². The van der Waals surface area contributed by atoms with Gasteiger partial charge in [0.25, 0.3) is 0 Å². The Labute approximate surface area is 200 Å². The maximum Gasteiger partial charge on any atom is 0.224 e. The minimum atomic E-state index is -0.888. The molecule has 5 rings (SSSR count). The van der Waals surface area contributed by atoms with Crippen molar-refractivity contribution in [3.63, 3.8) is 0 Å². The fraction of sp³-hybridized carbons (Fsp3) is 0.280. The number of hydrogen-bond acceptors (Lipinski definition) is 5. The number of fused-ring (bicyclic) bond motifs is 1. The maximum atomic E-state index is 13.5. The van der Waals surface area contributed by atoms with Gasteiger partial charge in [0.2, 0.25) is 5.95 Å². The summed E-state index contributed by atoms with van der Waals surface area (Å²) in [6.07, 6.45) is 3.97. The largest absolute Gasteiger partial charge is 0.508 e. The minimum absolute atomic E-state index is 0.108. The molecule has 1 saturated heterocycles. The highest BCUT2D eigenvalue weighted by atomic mass is 35.5. The fourth-order valence-corrected chi connectivity index (χ4v) is 4.68. The third kappa shape index (κ3) is 4.69. The molecule has 1 aliphatic heterocycles. The van der Waals surface area contributed by atoms with Gasteiger partial charge < -0.3 is 20.3 Å². The number of aromatic nitrogens is 3. The number of piperidine rings is 1. The first-order valence-corrected chi connectivity index (χ1v) is 11.6. The Morgan fingerprint density at radius 3 is 2.79 bits per heavy atom. The van der Waals surface area contributed by atoms with Crippen LogP contribution >= 0.6 is 11.6 Å². The van der Waals surface area contributed by atoms with Crippen LogP contribution in [0.3, 0.4) is 0 Å². The van der Waals surface area contributed by atoms with Crippen molar-refractivity contribution in [2.24, 2.45) is 5.92 Å². The topological polar surface area (TPSA) is 75.0 Å². The first-order valence-electron chi connectivity index (χ1n) is 11.2. The molecule has 4 aromatic rings. The second-order valence-electron chi connectivity index (χ2n) is 8.59. The van der Waals surface area contributed by atoms with Gasteiger partial charge in [0.15, 0.2) is 11.6 Å².